The summed E-state index contributed by atoms with van der Waals surface area (Å²) in [6.07, 6.45) is 0.996. The van der Waals surface area contributed by atoms with Gasteiger partial charge in [0.25, 0.3) is 5.22 Å². The van der Waals surface area contributed by atoms with Gasteiger partial charge in [-0.25, -0.2) is 4.39 Å². The van der Waals surface area contributed by atoms with E-state index in [9.17, 15) is 9.18 Å². The molecule has 1 N–H and O–H groups in total. The topological polar surface area (TPSA) is 68.0 Å². The lowest BCUT2D eigenvalue weighted by Gasteiger charge is -2.15. The summed E-state index contributed by atoms with van der Waals surface area (Å²) in [5, 5.41) is 11.1. The Morgan fingerprint density at radius 1 is 1.19 bits per heavy atom. The van der Waals surface area contributed by atoms with Gasteiger partial charge in [0, 0.05) is 11.3 Å². The summed E-state index contributed by atoms with van der Waals surface area (Å²) >= 11 is 1.16. The number of carbonyl (C=O) groups excluding carboxylic acids is 1. The summed E-state index contributed by atoms with van der Waals surface area (Å²) in [5.41, 5.74) is 2.58. The lowest BCUT2D eigenvalue weighted by atomic mass is 9.97. The van der Waals surface area contributed by atoms with Gasteiger partial charge in [0.05, 0.1) is 5.75 Å². The molecular formula is C20H20FN3O2S. The highest BCUT2D eigenvalue weighted by Crippen LogP contribution is 2.27. The van der Waals surface area contributed by atoms with E-state index in [-0.39, 0.29) is 17.5 Å². The normalized spacial score (nSPS) is 12.0. The second kappa shape index (κ2) is 8.81. The molecule has 3 aromatic rings. The van der Waals surface area contributed by atoms with E-state index >= 15 is 0 Å². The van der Waals surface area contributed by atoms with Crippen LogP contribution in [0.3, 0.4) is 0 Å². The highest BCUT2D eigenvalue weighted by atomic mass is 32.2. The number of thioether (sulfide) groups is 1. The van der Waals surface area contributed by atoms with Crippen molar-refractivity contribution in [1.29, 1.82) is 0 Å². The van der Waals surface area contributed by atoms with Crippen LogP contribution in [0.1, 0.15) is 31.7 Å². The predicted octanol–water partition coefficient (Wildman–Crippen LogP) is 5.12. The molecule has 0 fully saturated rings. The van der Waals surface area contributed by atoms with Crippen LogP contribution in [-0.4, -0.2) is 21.9 Å². The molecule has 1 amide bonds. The molecule has 1 atom stereocenters. The van der Waals surface area contributed by atoms with Gasteiger partial charge < -0.3 is 9.73 Å². The Morgan fingerprint density at radius 3 is 2.67 bits per heavy atom. The first-order valence-electron chi connectivity index (χ1n) is 8.68. The van der Waals surface area contributed by atoms with Gasteiger partial charge in [-0.2, -0.15) is 0 Å². The molecule has 0 radical (unpaired) electrons. The summed E-state index contributed by atoms with van der Waals surface area (Å²) in [6, 6.07) is 13.6. The van der Waals surface area contributed by atoms with Crippen LogP contribution < -0.4 is 5.32 Å². The van der Waals surface area contributed by atoms with Gasteiger partial charge in [0.1, 0.15) is 5.82 Å². The molecule has 7 heteroatoms. The van der Waals surface area contributed by atoms with Crippen LogP contribution in [0.4, 0.5) is 10.1 Å². The smallest absolute Gasteiger partial charge is 0.277 e. The molecule has 0 unspecified atom stereocenters. The number of rotatable bonds is 7. The van der Waals surface area contributed by atoms with Crippen molar-refractivity contribution < 1.29 is 13.6 Å². The number of para-hydroxylation sites is 1. The Kier molecular flexibility index (Phi) is 6.24. The minimum Gasteiger partial charge on any atom is -0.411 e. The molecule has 0 spiro atoms. The van der Waals surface area contributed by atoms with Crippen molar-refractivity contribution in [3.8, 4) is 11.5 Å². The first-order chi connectivity index (χ1) is 13.1. The largest absolute Gasteiger partial charge is 0.411 e. The summed E-state index contributed by atoms with van der Waals surface area (Å²) < 4.78 is 18.5. The van der Waals surface area contributed by atoms with E-state index in [0.717, 1.165) is 29.4 Å². The van der Waals surface area contributed by atoms with Crippen LogP contribution in [-0.2, 0) is 4.79 Å². The van der Waals surface area contributed by atoms with Crippen LogP contribution in [0.25, 0.3) is 11.5 Å². The van der Waals surface area contributed by atoms with Gasteiger partial charge in [-0.15, -0.1) is 10.2 Å². The van der Waals surface area contributed by atoms with Crippen molar-refractivity contribution in [2.24, 2.45) is 0 Å². The number of hydrogen-bond donors (Lipinski definition) is 1. The molecular weight excluding hydrogens is 365 g/mol. The maximum absolute atomic E-state index is 13.0. The molecule has 0 bridgehead atoms. The van der Waals surface area contributed by atoms with Gasteiger partial charge in [-0.05, 0) is 48.2 Å². The maximum Gasteiger partial charge on any atom is 0.277 e. The number of halogens is 1. The van der Waals surface area contributed by atoms with Gasteiger partial charge >= 0.3 is 0 Å². The molecule has 1 heterocycles. The quantitative estimate of drug-likeness (QED) is 0.572. The standard InChI is InChI=1S/C20H20FN3O2S/c1-3-13(2)16-6-4-5-7-17(16)22-18(25)12-27-20-24-23-19(26-20)14-8-10-15(21)11-9-14/h4-11,13H,3,12H2,1-2H3,(H,22,25)/t13-/m0/s1. The Bertz CT molecular complexity index is 912. The van der Waals surface area contributed by atoms with Crippen molar-refractivity contribution in [3.05, 3.63) is 59.9 Å². The fourth-order valence-corrected chi connectivity index (χ4v) is 3.11. The molecule has 0 aliphatic heterocycles. The zero-order valence-electron chi connectivity index (χ0n) is 15.1. The number of carbonyl (C=O) groups is 1. The highest BCUT2D eigenvalue weighted by Gasteiger charge is 2.14. The molecule has 27 heavy (non-hydrogen) atoms. The first kappa shape index (κ1) is 19.1. The van der Waals surface area contributed by atoms with Gasteiger partial charge in [0.15, 0.2) is 0 Å². The minimum atomic E-state index is -0.331. The molecule has 0 aliphatic rings. The van der Waals surface area contributed by atoms with Gasteiger partial charge in [-0.3, -0.25) is 4.79 Å². The van der Waals surface area contributed by atoms with Crippen molar-refractivity contribution in [2.45, 2.75) is 31.4 Å². The lowest BCUT2D eigenvalue weighted by Crippen LogP contribution is -2.15. The molecule has 140 valence electrons. The summed E-state index contributed by atoms with van der Waals surface area (Å²) in [7, 11) is 0. The van der Waals surface area contributed by atoms with E-state index in [0.29, 0.717) is 22.6 Å². The highest BCUT2D eigenvalue weighted by molar-refractivity contribution is 7.99. The third-order valence-electron chi connectivity index (χ3n) is 4.20. The fraction of sp³-hybridized carbons (Fsp3) is 0.250. The second-order valence-corrected chi connectivity index (χ2v) is 7.04. The first-order valence-corrected chi connectivity index (χ1v) is 9.66. The second-order valence-electron chi connectivity index (χ2n) is 6.11. The Morgan fingerprint density at radius 2 is 1.93 bits per heavy atom. The third-order valence-corrected chi connectivity index (χ3v) is 5.02. The van der Waals surface area contributed by atoms with Gasteiger partial charge in [-0.1, -0.05) is 43.8 Å². The van der Waals surface area contributed by atoms with E-state index in [1.807, 2.05) is 24.3 Å². The summed E-state index contributed by atoms with van der Waals surface area (Å²) in [5.74, 6) is 0.336. The molecule has 2 aromatic carbocycles. The number of hydrogen-bond acceptors (Lipinski definition) is 5. The van der Waals surface area contributed by atoms with Crippen LogP contribution in [0.2, 0.25) is 0 Å². The monoisotopic (exact) mass is 385 g/mol. The third kappa shape index (κ3) is 4.95. The number of aromatic nitrogens is 2. The average molecular weight is 385 g/mol. The van der Waals surface area contributed by atoms with Crippen LogP contribution in [0.5, 0.6) is 0 Å². The Balaban J connectivity index is 1.60. The molecule has 0 saturated carbocycles. The zero-order valence-corrected chi connectivity index (χ0v) is 15.9. The maximum atomic E-state index is 13.0. The lowest BCUT2D eigenvalue weighted by molar-refractivity contribution is -0.113. The minimum absolute atomic E-state index is 0.141. The van der Waals surface area contributed by atoms with Gasteiger partial charge in [0.2, 0.25) is 11.8 Å². The van der Waals surface area contributed by atoms with Crippen LogP contribution >= 0.6 is 11.8 Å². The van der Waals surface area contributed by atoms with E-state index in [2.05, 4.69) is 29.4 Å². The number of nitrogens with one attached hydrogen (secondary N) is 1. The number of amides is 1. The summed E-state index contributed by atoms with van der Waals surface area (Å²) in [4.78, 5) is 12.3. The van der Waals surface area contributed by atoms with E-state index in [1.165, 1.54) is 12.1 Å². The van der Waals surface area contributed by atoms with Crippen molar-refractivity contribution in [1.82, 2.24) is 10.2 Å². The Labute approximate surface area is 161 Å². The Hall–Kier alpha value is -2.67. The number of benzene rings is 2. The molecule has 3 rings (SSSR count). The number of anilines is 1. The summed E-state index contributed by atoms with van der Waals surface area (Å²) in [6.45, 7) is 4.25. The van der Waals surface area contributed by atoms with E-state index in [4.69, 9.17) is 4.42 Å². The fourth-order valence-electron chi connectivity index (χ4n) is 2.55. The van der Waals surface area contributed by atoms with E-state index in [1.54, 1.807) is 12.1 Å². The van der Waals surface area contributed by atoms with Crippen LogP contribution in [0.15, 0.2) is 58.2 Å². The van der Waals surface area contributed by atoms with Crippen molar-refractivity contribution in [2.75, 3.05) is 11.1 Å². The zero-order chi connectivity index (χ0) is 19.2. The van der Waals surface area contributed by atoms with Crippen molar-refractivity contribution in [3.63, 3.8) is 0 Å². The SMILES string of the molecule is CC[C@H](C)c1ccccc1NC(=O)CSc1nnc(-c2ccc(F)cc2)o1. The number of nitrogens with zero attached hydrogens (tertiary/aromatic N) is 2. The average Bonchev–Trinajstić information content (AvgIpc) is 3.16. The van der Waals surface area contributed by atoms with E-state index < -0.39 is 0 Å². The predicted molar refractivity (Wildman–Crippen MR) is 104 cm³/mol. The van der Waals surface area contributed by atoms with Crippen LogP contribution in [0, 0.1) is 5.82 Å². The van der Waals surface area contributed by atoms with Crippen molar-refractivity contribution >= 4 is 23.4 Å². The molecule has 0 aliphatic carbocycles. The molecule has 5 nitrogen and oxygen atoms in total. The molecule has 0 saturated heterocycles. The molecule has 1 aromatic heterocycles.